The molecule has 0 atom stereocenters. The van der Waals surface area contributed by atoms with E-state index < -0.39 is 5.97 Å². The summed E-state index contributed by atoms with van der Waals surface area (Å²) in [5, 5.41) is 14.3. The van der Waals surface area contributed by atoms with E-state index in [1.165, 1.54) is 4.52 Å². The van der Waals surface area contributed by atoms with E-state index in [1.807, 2.05) is 19.9 Å². The number of aromatic nitrogens is 3. The Kier molecular flexibility index (Phi) is 4.55. The van der Waals surface area contributed by atoms with E-state index in [9.17, 15) is 9.90 Å². The summed E-state index contributed by atoms with van der Waals surface area (Å²) in [6.07, 6.45) is 0. The molecule has 0 aliphatic rings. The Balaban J connectivity index is 2.08. The van der Waals surface area contributed by atoms with E-state index in [2.05, 4.69) is 15.0 Å². The molecule has 8 heteroatoms. The Labute approximate surface area is 143 Å². The summed E-state index contributed by atoms with van der Waals surface area (Å²) in [4.78, 5) is 18.0. The molecule has 0 spiro atoms. The number of benzene rings is 1. The van der Waals surface area contributed by atoms with Crippen LogP contribution in [0.15, 0.2) is 28.7 Å². The summed E-state index contributed by atoms with van der Waals surface area (Å²) < 4.78 is 6.88. The minimum atomic E-state index is -1.11. The summed E-state index contributed by atoms with van der Waals surface area (Å²) in [5.41, 5.74) is 0.613. The molecule has 3 rings (SSSR count). The topological polar surface area (TPSA) is 83.9 Å². The average molecular weight is 349 g/mol. The SMILES string of the molecule is CCN(CC)Cc1oc2nc(-c3ccccc3Cl)nn2c1C(=O)O. The van der Waals surface area contributed by atoms with Gasteiger partial charge in [0.1, 0.15) is 0 Å². The highest BCUT2D eigenvalue weighted by molar-refractivity contribution is 6.33. The van der Waals surface area contributed by atoms with E-state index in [1.54, 1.807) is 18.2 Å². The summed E-state index contributed by atoms with van der Waals surface area (Å²) in [5.74, 6) is -0.292. The second kappa shape index (κ2) is 6.62. The number of halogens is 1. The molecule has 24 heavy (non-hydrogen) atoms. The van der Waals surface area contributed by atoms with Gasteiger partial charge in [-0.3, -0.25) is 4.90 Å². The van der Waals surface area contributed by atoms with Gasteiger partial charge in [-0.25, -0.2) is 4.79 Å². The van der Waals surface area contributed by atoms with E-state index in [0.29, 0.717) is 28.7 Å². The molecular formula is C16H17ClN4O3. The minimum Gasteiger partial charge on any atom is -0.476 e. The lowest BCUT2D eigenvalue weighted by Crippen LogP contribution is -2.23. The predicted molar refractivity (Wildman–Crippen MR) is 89.3 cm³/mol. The maximum absolute atomic E-state index is 11.7. The number of carbonyl (C=O) groups is 1. The van der Waals surface area contributed by atoms with Crippen LogP contribution in [0, 0.1) is 0 Å². The Morgan fingerprint density at radius 2 is 2.04 bits per heavy atom. The molecule has 0 amide bonds. The zero-order chi connectivity index (χ0) is 17.3. The maximum Gasteiger partial charge on any atom is 0.358 e. The van der Waals surface area contributed by atoms with Gasteiger partial charge >= 0.3 is 11.8 Å². The van der Waals surface area contributed by atoms with Crippen LogP contribution in [-0.4, -0.2) is 43.7 Å². The third-order valence-electron chi connectivity index (χ3n) is 3.85. The first kappa shape index (κ1) is 16.5. The number of aromatic carboxylic acids is 1. The lowest BCUT2D eigenvalue weighted by molar-refractivity contribution is 0.0684. The standard InChI is InChI=1S/C16H17ClN4O3/c1-3-20(4-2)9-12-13(15(22)23)21-16(24-12)18-14(19-21)10-7-5-6-8-11(10)17/h5-8H,3-4,9H2,1-2H3,(H,22,23). The molecule has 2 aromatic heterocycles. The fraction of sp³-hybridized carbons (Fsp3) is 0.312. The fourth-order valence-corrected chi connectivity index (χ4v) is 2.73. The van der Waals surface area contributed by atoms with Gasteiger partial charge in [-0.1, -0.05) is 37.6 Å². The Morgan fingerprint density at radius 3 is 2.67 bits per heavy atom. The molecule has 0 aliphatic carbocycles. The van der Waals surface area contributed by atoms with Crippen molar-refractivity contribution in [3.63, 3.8) is 0 Å². The highest BCUT2D eigenvalue weighted by Crippen LogP contribution is 2.27. The van der Waals surface area contributed by atoms with Gasteiger partial charge in [-0.05, 0) is 25.2 Å². The zero-order valence-electron chi connectivity index (χ0n) is 13.4. The molecule has 0 saturated carbocycles. The van der Waals surface area contributed by atoms with Crippen LogP contribution in [0.3, 0.4) is 0 Å². The normalized spacial score (nSPS) is 11.5. The van der Waals surface area contributed by atoms with Crippen LogP contribution in [-0.2, 0) is 6.54 Å². The van der Waals surface area contributed by atoms with Crippen molar-refractivity contribution in [2.75, 3.05) is 13.1 Å². The number of carboxylic acids is 1. The molecule has 3 aromatic rings. The monoisotopic (exact) mass is 348 g/mol. The smallest absolute Gasteiger partial charge is 0.358 e. The number of fused-ring (bicyclic) bond motifs is 1. The van der Waals surface area contributed by atoms with E-state index in [0.717, 1.165) is 13.1 Å². The minimum absolute atomic E-state index is 0.0114. The highest BCUT2D eigenvalue weighted by atomic mass is 35.5. The molecule has 126 valence electrons. The number of oxazole rings is 1. The first-order valence-electron chi connectivity index (χ1n) is 7.64. The lowest BCUT2D eigenvalue weighted by Gasteiger charge is -2.15. The van der Waals surface area contributed by atoms with E-state index >= 15 is 0 Å². The van der Waals surface area contributed by atoms with Crippen molar-refractivity contribution in [1.82, 2.24) is 19.5 Å². The van der Waals surface area contributed by atoms with Crippen molar-refractivity contribution in [3.05, 3.63) is 40.7 Å². The van der Waals surface area contributed by atoms with Crippen LogP contribution in [0.5, 0.6) is 0 Å². The second-order valence-corrected chi connectivity index (χ2v) is 5.66. The molecule has 1 N–H and O–H groups in total. The average Bonchev–Trinajstić information content (AvgIpc) is 3.09. The van der Waals surface area contributed by atoms with Crippen LogP contribution < -0.4 is 0 Å². The van der Waals surface area contributed by atoms with Crippen molar-refractivity contribution in [2.24, 2.45) is 0 Å². The van der Waals surface area contributed by atoms with Crippen molar-refractivity contribution in [2.45, 2.75) is 20.4 Å². The molecule has 0 aliphatic heterocycles. The van der Waals surface area contributed by atoms with Gasteiger partial charge in [0.05, 0.1) is 11.6 Å². The second-order valence-electron chi connectivity index (χ2n) is 5.25. The van der Waals surface area contributed by atoms with Gasteiger partial charge < -0.3 is 9.52 Å². The van der Waals surface area contributed by atoms with Gasteiger partial charge in [-0.2, -0.15) is 9.50 Å². The molecule has 0 fully saturated rings. The largest absolute Gasteiger partial charge is 0.476 e. The van der Waals surface area contributed by atoms with Gasteiger partial charge in [0.25, 0.3) is 0 Å². The van der Waals surface area contributed by atoms with Crippen molar-refractivity contribution in [1.29, 1.82) is 0 Å². The fourth-order valence-electron chi connectivity index (χ4n) is 2.51. The highest BCUT2D eigenvalue weighted by Gasteiger charge is 2.25. The third-order valence-corrected chi connectivity index (χ3v) is 4.18. The molecule has 0 unspecified atom stereocenters. The number of rotatable bonds is 6. The van der Waals surface area contributed by atoms with Crippen LogP contribution in [0.2, 0.25) is 5.02 Å². The number of nitrogens with zero attached hydrogens (tertiary/aromatic N) is 4. The third kappa shape index (κ3) is 2.88. The quantitative estimate of drug-likeness (QED) is 0.736. The molecule has 2 heterocycles. The van der Waals surface area contributed by atoms with E-state index in [-0.39, 0.29) is 11.5 Å². The molecule has 0 saturated heterocycles. The summed E-state index contributed by atoms with van der Waals surface area (Å²) in [6, 6.07) is 7.11. The predicted octanol–water partition coefficient (Wildman–Crippen LogP) is 3.18. The number of carboxylic acid groups (broad SMARTS) is 1. The van der Waals surface area contributed by atoms with Crippen LogP contribution in [0.1, 0.15) is 30.1 Å². The van der Waals surface area contributed by atoms with E-state index in [4.69, 9.17) is 16.0 Å². The Hall–Kier alpha value is -2.38. The number of hydrogen-bond acceptors (Lipinski definition) is 5. The number of hydrogen-bond donors (Lipinski definition) is 1. The van der Waals surface area contributed by atoms with Crippen LogP contribution in [0.4, 0.5) is 0 Å². The zero-order valence-corrected chi connectivity index (χ0v) is 14.1. The molecule has 7 nitrogen and oxygen atoms in total. The first-order valence-corrected chi connectivity index (χ1v) is 8.01. The van der Waals surface area contributed by atoms with Crippen LogP contribution in [0.25, 0.3) is 17.2 Å². The Bertz CT molecular complexity index is 883. The summed E-state index contributed by atoms with van der Waals surface area (Å²) in [6.45, 7) is 5.98. The molecule has 0 bridgehead atoms. The van der Waals surface area contributed by atoms with Crippen LogP contribution >= 0.6 is 11.6 Å². The molecule has 0 radical (unpaired) electrons. The van der Waals surface area contributed by atoms with Gasteiger partial charge in [-0.15, -0.1) is 5.10 Å². The Morgan fingerprint density at radius 1 is 1.33 bits per heavy atom. The van der Waals surface area contributed by atoms with Gasteiger partial charge in [0.2, 0.25) is 0 Å². The van der Waals surface area contributed by atoms with Gasteiger partial charge in [0, 0.05) is 5.56 Å². The maximum atomic E-state index is 11.7. The van der Waals surface area contributed by atoms with Crippen molar-refractivity contribution in [3.8, 4) is 11.4 Å². The van der Waals surface area contributed by atoms with Gasteiger partial charge in [0.15, 0.2) is 17.3 Å². The molecular weight excluding hydrogens is 332 g/mol. The molecule has 1 aromatic carbocycles. The summed E-state index contributed by atoms with van der Waals surface area (Å²) >= 11 is 6.15. The van der Waals surface area contributed by atoms with Crippen molar-refractivity contribution < 1.29 is 14.3 Å². The summed E-state index contributed by atoms with van der Waals surface area (Å²) in [7, 11) is 0. The van der Waals surface area contributed by atoms with Crippen molar-refractivity contribution >= 4 is 23.4 Å². The first-order chi connectivity index (χ1) is 11.5. The lowest BCUT2D eigenvalue weighted by atomic mass is 10.2.